The Bertz CT molecular complexity index is 1170. The molecule has 0 aliphatic rings. The summed E-state index contributed by atoms with van der Waals surface area (Å²) in [7, 11) is 0. The highest BCUT2D eigenvalue weighted by molar-refractivity contribution is 7.99. The molecule has 31 heavy (non-hydrogen) atoms. The van der Waals surface area contributed by atoms with E-state index in [9.17, 15) is 14.9 Å². The number of carbonyl (C=O) groups is 2. The third-order valence-electron chi connectivity index (χ3n) is 3.94. The molecule has 0 fully saturated rings. The van der Waals surface area contributed by atoms with E-state index in [1.807, 2.05) is 6.07 Å². The number of nitriles is 1. The average Bonchev–Trinajstić information content (AvgIpc) is 2.75. The van der Waals surface area contributed by atoms with Crippen molar-refractivity contribution >= 4 is 64.1 Å². The maximum Gasteiger partial charge on any atom is 0.339 e. The second-order valence-corrected chi connectivity index (χ2v) is 8.41. The molecule has 1 amide bonds. The number of hydrogen-bond acceptors (Lipinski definition) is 5. The highest BCUT2D eigenvalue weighted by atomic mass is 35.5. The van der Waals surface area contributed by atoms with Crippen molar-refractivity contribution in [3.05, 3.63) is 86.9 Å². The first kappa shape index (κ1) is 23.0. The Morgan fingerprint density at radius 2 is 1.58 bits per heavy atom. The van der Waals surface area contributed by atoms with Gasteiger partial charge in [-0.2, -0.15) is 5.26 Å². The van der Waals surface area contributed by atoms with Crippen molar-refractivity contribution in [2.45, 2.75) is 9.79 Å². The number of amides is 1. The molecule has 0 atom stereocenters. The van der Waals surface area contributed by atoms with Gasteiger partial charge in [0.05, 0.1) is 26.9 Å². The Morgan fingerprint density at radius 3 is 2.26 bits per heavy atom. The second kappa shape index (κ2) is 10.6. The molecular weight excluding hydrogens is 479 g/mol. The monoisotopic (exact) mass is 490 g/mol. The van der Waals surface area contributed by atoms with Gasteiger partial charge in [0, 0.05) is 14.8 Å². The van der Waals surface area contributed by atoms with Crippen molar-refractivity contribution in [2.75, 3.05) is 11.9 Å². The fourth-order valence-electron chi connectivity index (χ4n) is 2.54. The zero-order chi connectivity index (χ0) is 22.4. The predicted molar refractivity (Wildman–Crippen MR) is 122 cm³/mol. The predicted octanol–water partition coefficient (Wildman–Crippen LogP) is 6.47. The molecule has 0 bridgehead atoms. The van der Waals surface area contributed by atoms with Crippen molar-refractivity contribution in [3.63, 3.8) is 0 Å². The number of hydrogen-bond donors (Lipinski definition) is 1. The maximum absolute atomic E-state index is 12.6. The van der Waals surface area contributed by atoms with Gasteiger partial charge in [0.1, 0.15) is 6.07 Å². The summed E-state index contributed by atoms with van der Waals surface area (Å²) in [6.07, 6.45) is 0. The van der Waals surface area contributed by atoms with Gasteiger partial charge in [0.25, 0.3) is 5.91 Å². The highest BCUT2D eigenvalue weighted by Gasteiger charge is 2.17. The van der Waals surface area contributed by atoms with Gasteiger partial charge >= 0.3 is 5.97 Å². The van der Waals surface area contributed by atoms with Gasteiger partial charge < -0.3 is 10.1 Å². The van der Waals surface area contributed by atoms with E-state index in [1.165, 1.54) is 23.9 Å². The van der Waals surface area contributed by atoms with Crippen molar-refractivity contribution in [2.24, 2.45) is 0 Å². The molecule has 0 spiro atoms. The zero-order valence-corrected chi connectivity index (χ0v) is 18.8. The molecule has 0 unspecified atom stereocenters. The topological polar surface area (TPSA) is 79.2 Å². The summed E-state index contributed by atoms with van der Waals surface area (Å²) in [6, 6.07) is 18.8. The van der Waals surface area contributed by atoms with Crippen LogP contribution in [0.1, 0.15) is 15.9 Å². The van der Waals surface area contributed by atoms with E-state index >= 15 is 0 Å². The molecule has 156 valence electrons. The molecule has 0 radical (unpaired) electrons. The molecule has 0 saturated carbocycles. The van der Waals surface area contributed by atoms with Crippen LogP contribution in [0.3, 0.4) is 0 Å². The molecule has 0 aliphatic heterocycles. The van der Waals surface area contributed by atoms with E-state index in [1.54, 1.807) is 42.5 Å². The molecule has 3 aromatic rings. The Hall–Kier alpha value is -2.69. The lowest BCUT2D eigenvalue weighted by atomic mass is 10.2. The summed E-state index contributed by atoms with van der Waals surface area (Å²) >= 11 is 19.2. The van der Waals surface area contributed by atoms with Gasteiger partial charge in [-0.1, -0.05) is 70.8 Å². The van der Waals surface area contributed by atoms with Crippen LogP contribution in [0.15, 0.2) is 70.5 Å². The first-order valence-electron chi connectivity index (χ1n) is 8.76. The number of benzene rings is 3. The van der Waals surface area contributed by atoms with E-state index in [2.05, 4.69) is 11.4 Å². The molecule has 3 aromatic carbocycles. The first-order valence-corrected chi connectivity index (χ1v) is 10.7. The number of esters is 1. The molecular formula is C22H13Cl3N2O3S. The van der Waals surface area contributed by atoms with Crippen LogP contribution >= 0.6 is 46.6 Å². The van der Waals surface area contributed by atoms with Gasteiger partial charge in [0.15, 0.2) is 6.61 Å². The Morgan fingerprint density at radius 1 is 0.968 bits per heavy atom. The Kier molecular flexibility index (Phi) is 7.83. The minimum atomic E-state index is -0.680. The summed E-state index contributed by atoms with van der Waals surface area (Å²) in [5, 5.41) is 12.4. The number of anilines is 1. The Balaban J connectivity index is 1.69. The number of halogens is 3. The quantitative estimate of drug-likeness (QED) is 0.400. The SMILES string of the molecule is N#Cc1ccccc1Sc1ccccc1C(=O)OCC(=O)Nc1c(Cl)cc(Cl)cc1Cl. The fourth-order valence-corrected chi connectivity index (χ4v) is 4.46. The minimum Gasteiger partial charge on any atom is -0.452 e. The largest absolute Gasteiger partial charge is 0.452 e. The summed E-state index contributed by atoms with van der Waals surface area (Å²) in [4.78, 5) is 26.1. The van der Waals surface area contributed by atoms with Crippen molar-refractivity contribution in [1.82, 2.24) is 0 Å². The minimum absolute atomic E-state index is 0.162. The van der Waals surface area contributed by atoms with Crippen molar-refractivity contribution in [1.29, 1.82) is 5.26 Å². The number of rotatable bonds is 6. The zero-order valence-electron chi connectivity index (χ0n) is 15.7. The molecule has 0 aromatic heterocycles. The number of nitrogens with zero attached hydrogens (tertiary/aromatic N) is 1. The van der Waals surface area contributed by atoms with Gasteiger partial charge in [0.2, 0.25) is 0 Å². The lowest BCUT2D eigenvalue weighted by Crippen LogP contribution is -2.21. The first-order chi connectivity index (χ1) is 14.9. The highest BCUT2D eigenvalue weighted by Crippen LogP contribution is 2.34. The third-order valence-corrected chi connectivity index (χ3v) is 5.91. The van der Waals surface area contributed by atoms with Crippen molar-refractivity contribution in [3.8, 4) is 6.07 Å². The number of ether oxygens (including phenoxy) is 1. The van der Waals surface area contributed by atoms with Crippen LogP contribution in [-0.4, -0.2) is 18.5 Å². The van der Waals surface area contributed by atoms with Crippen LogP contribution in [0, 0.1) is 11.3 Å². The summed E-state index contributed by atoms with van der Waals surface area (Å²) in [6.45, 7) is -0.540. The maximum atomic E-state index is 12.6. The molecule has 9 heteroatoms. The molecule has 5 nitrogen and oxygen atoms in total. The molecule has 0 saturated heterocycles. The van der Waals surface area contributed by atoms with Gasteiger partial charge in [-0.3, -0.25) is 4.79 Å². The third kappa shape index (κ3) is 5.93. The normalized spacial score (nSPS) is 10.3. The molecule has 0 heterocycles. The average molecular weight is 492 g/mol. The van der Waals surface area contributed by atoms with E-state index in [0.717, 1.165) is 0 Å². The number of nitrogens with one attached hydrogen (secondary N) is 1. The van der Waals surface area contributed by atoms with Crippen LogP contribution in [0.5, 0.6) is 0 Å². The number of carbonyl (C=O) groups excluding carboxylic acids is 2. The molecule has 0 aliphatic carbocycles. The van der Waals surface area contributed by atoms with Gasteiger partial charge in [-0.05, 0) is 36.4 Å². The summed E-state index contributed by atoms with van der Waals surface area (Å²) in [5.41, 5.74) is 0.945. The summed E-state index contributed by atoms with van der Waals surface area (Å²) < 4.78 is 5.16. The standard InChI is InChI=1S/C22H13Cl3N2O3S/c23-14-9-16(24)21(17(25)10-14)27-20(28)12-30-22(29)15-6-2-4-8-19(15)31-18-7-3-1-5-13(18)11-26/h1-10H,12H2,(H,27,28). The second-order valence-electron chi connectivity index (χ2n) is 6.07. The van der Waals surface area contributed by atoms with Crippen LogP contribution in [0.2, 0.25) is 15.1 Å². The van der Waals surface area contributed by atoms with Crippen LogP contribution in [-0.2, 0) is 9.53 Å². The van der Waals surface area contributed by atoms with Gasteiger partial charge in [-0.15, -0.1) is 0 Å². The smallest absolute Gasteiger partial charge is 0.339 e. The fraction of sp³-hybridized carbons (Fsp3) is 0.0455. The van der Waals surface area contributed by atoms with Crippen LogP contribution in [0.4, 0.5) is 5.69 Å². The summed E-state index contributed by atoms with van der Waals surface area (Å²) in [5.74, 6) is -1.29. The van der Waals surface area contributed by atoms with E-state index in [-0.39, 0.29) is 21.3 Å². The van der Waals surface area contributed by atoms with Crippen LogP contribution in [0.25, 0.3) is 0 Å². The van der Waals surface area contributed by atoms with Crippen molar-refractivity contribution < 1.29 is 14.3 Å². The van der Waals surface area contributed by atoms with Crippen LogP contribution < -0.4 is 5.32 Å². The van der Waals surface area contributed by atoms with E-state index < -0.39 is 18.5 Å². The van der Waals surface area contributed by atoms with E-state index in [4.69, 9.17) is 39.5 Å². The lowest BCUT2D eigenvalue weighted by molar-refractivity contribution is -0.119. The molecule has 1 N–H and O–H groups in total. The van der Waals surface area contributed by atoms with E-state index in [0.29, 0.717) is 20.4 Å². The Labute approximate surface area is 197 Å². The lowest BCUT2D eigenvalue weighted by Gasteiger charge is -2.12. The van der Waals surface area contributed by atoms with Gasteiger partial charge in [-0.25, -0.2) is 4.79 Å². The molecule has 3 rings (SSSR count).